The summed E-state index contributed by atoms with van der Waals surface area (Å²) in [4.78, 5) is 24.1. The van der Waals surface area contributed by atoms with Gasteiger partial charge in [-0.05, 0) is 77.0 Å². The van der Waals surface area contributed by atoms with Gasteiger partial charge in [0.25, 0.3) is 0 Å². The van der Waals surface area contributed by atoms with E-state index in [2.05, 4.69) is 62.5 Å². The van der Waals surface area contributed by atoms with Gasteiger partial charge < -0.3 is 14.6 Å². The maximum atomic E-state index is 12.1. The van der Waals surface area contributed by atoms with Crippen molar-refractivity contribution in [3.63, 3.8) is 0 Å². The number of hydrogen-bond donors (Lipinski definition) is 1. The first-order valence-corrected chi connectivity index (χ1v) is 17.7. The Kier molecular flexibility index (Phi) is 32.6. The van der Waals surface area contributed by atoms with E-state index in [0.29, 0.717) is 12.8 Å². The molecule has 0 radical (unpaired) electrons. The summed E-state index contributed by atoms with van der Waals surface area (Å²) in [6.45, 7) is 4.04. The van der Waals surface area contributed by atoms with Crippen LogP contribution in [0.2, 0.25) is 0 Å². The highest BCUT2D eigenvalue weighted by atomic mass is 16.6. The number of carbonyl (C=O) groups is 2. The summed E-state index contributed by atoms with van der Waals surface area (Å²) in [5, 5.41) is 9.51. The molecule has 0 aromatic heterocycles. The molecule has 0 aliphatic rings. The molecular weight excluding hydrogens is 536 g/mol. The van der Waals surface area contributed by atoms with Crippen molar-refractivity contribution in [1.82, 2.24) is 0 Å². The highest BCUT2D eigenvalue weighted by Crippen LogP contribution is 2.11. The van der Waals surface area contributed by atoms with Crippen molar-refractivity contribution < 1.29 is 24.2 Å². The smallest absolute Gasteiger partial charge is 0.306 e. The Morgan fingerprint density at radius 3 is 1.42 bits per heavy atom. The monoisotopic (exact) mass is 602 g/mol. The number of aliphatic hydroxyl groups excluding tert-OH is 1. The molecule has 0 aromatic rings. The van der Waals surface area contributed by atoms with Crippen molar-refractivity contribution in [2.45, 2.75) is 168 Å². The molecule has 248 valence electrons. The number of rotatable bonds is 31. The summed E-state index contributed by atoms with van der Waals surface area (Å²) >= 11 is 0. The van der Waals surface area contributed by atoms with E-state index in [1.165, 1.54) is 64.2 Å². The van der Waals surface area contributed by atoms with Gasteiger partial charge in [0.05, 0.1) is 6.61 Å². The van der Waals surface area contributed by atoms with Gasteiger partial charge in [0, 0.05) is 12.8 Å². The molecule has 1 N–H and O–H groups in total. The minimum absolute atomic E-state index is 0.0804. The van der Waals surface area contributed by atoms with Crippen molar-refractivity contribution in [3.05, 3.63) is 48.6 Å². The van der Waals surface area contributed by atoms with Crippen LogP contribution >= 0.6 is 0 Å². The lowest BCUT2D eigenvalue weighted by atomic mass is 10.1. The Morgan fingerprint density at radius 2 is 0.930 bits per heavy atom. The van der Waals surface area contributed by atoms with Crippen LogP contribution in [0, 0.1) is 0 Å². The third-order valence-corrected chi connectivity index (χ3v) is 7.35. The van der Waals surface area contributed by atoms with Crippen LogP contribution in [0.5, 0.6) is 0 Å². The lowest BCUT2D eigenvalue weighted by molar-refractivity contribution is -0.161. The first-order chi connectivity index (χ1) is 21.1. The fourth-order valence-electron chi connectivity index (χ4n) is 4.61. The van der Waals surface area contributed by atoms with E-state index in [1.54, 1.807) is 0 Å². The van der Waals surface area contributed by atoms with Crippen LogP contribution in [0.4, 0.5) is 0 Å². The van der Waals surface area contributed by atoms with E-state index in [0.717, 1.165) is 70.6 Å². The van der Waals surface area contributed by atoms with Crippen LogP contribution in [0.1, 0.15) is 162 Å². The number of unbranched alkanes of at least 4 members (excludes halogenated alkanes) is 15. The Balaban J connectivity index is 3.66. The van der Waals surface area contributed by atoms with Gasteiger partial charge in [0.15, 0.2) is 6.10 Å². The van der Waals surface area contributed by atoms with E-state index in [4.69, 9.17) is 9.47 Å². The number of hydrogen-bond acceptors (Lipinski definition) is 5. The Hall–Kier alpha value is -2.14. The zero-order chi connectivity index (χ0) is 31.5. The summed E-state index contributed by atoms with van der Waals surface area (Å²) in [5.41, 5.74) is 0. The number of allylic oxidation sites excluding steroid dienone is 8. The topological polar surface area (TPSA) is 72.8 Å². The molecule has 0 aliphatic heterocycles. The zero-order valence-corrected chi connectivity index (χ0v) is 28.0. The highest BCUT2D eigenvalue weighted by Gasteiger charge is 2.16. The molecule has 0 bridgehead atoms. The first kappa shape index (κ1) is 40.9. The number of carbonyl (C=O) groups excluding carboxylic acids is 2. The van der Waals surface area contributed by atoms with Crippen LogP contribution in [0.25, 0.3) is 0 Å². The predicted molar refractivity (Wildman–Crippen MR) is 182 cm³/mol. The van der Waals surface area contributed by atoms with Gasteiger partial charge in [0.1, 0.15) is 6.61 Å². The van der Waals surface area contributed by atoms with Crippen LogP contribution in [0.3, 0.4) is 0 Å². The van der Waals surface area contributed by atoms with Gasteiger partial charge in [-0.1, -0.05) is 120 Å². The van der Waals surface area contributed by atoms with Crippen molar-refractivity contribution >= 4 is 11.9 Å². The molecule has 5 heteroatoms. The lowest BCUT2D eigenvalue weighted by Gasteiger charge is -2.15. The summed E-state index contributed by atoms with van der Waals surface area (Å²) < 4.78 is 10.5. The van der Waals surface area contributed by atoms with Crippen LogP contribution in [0.15, 0.2) is 48.6 Å². The average Bonchev–Trinajstić information content (AvgIpc) is 3.01. The Bertz CT molecular complexity index is 737. The second kappa shape index (κ2) is 34.4. The Morgan fingerprint density at radius 1 is 0.535 bits per heavy atom. The number of ether oxygens (including phenoxy) is 2. The highest BCUT2D eigenvalue weighted by molar-refractivity contribution is 5.70. The molecule has 0 rings (SSSR count). The maximum absolute atomic E-state index is 12.1. The van der Waals surface area contributed by atoms with Gasteiger partial charge in [-0.25, -0.2) is 0 Å². The molecule has 43 heavy (non-hydrogen) atoms. The fourth-order valence-corrected chi connectivity index (χ4v) is 4.61. The molecule has 0 amide bonds. The second-order valence-electron chi connectivity index (χ2n) is 11.6. The normalized spacial score (nSPS) is 12.7. The minimum Gasteiger partial charge on any atom is -0.462 e. The van der Waals surface area contributed by atoms with Crippen LogP contribution in [-0.4, -0.2) is 36.4 Å². The van der Waals surface area contributed by atoms with Crippen molar-refractivity contribution in [2.24, 2.45) is 0 Å². The summed E-state index contributed by atoms with van der Waals surface area (Å²) in [6, 6.07) is 0. The quantitative estimate of drug-likeness (QED) is 0.0485. The Labute approximate surface area is 265 Å². The predicted octanol–water partition coefficient (Wildman–Crippen LogP) is 10.7. The molecule has 0 heterocycles. The minimum atomic E-state index is -0.785. The largest absolute Gasteiger partial charge is 0.462 e. The average molecular weight is 603 g/mol. The van der Waals surface area contributed by atoms with E-state index < -0.39 is 6.10 Å². The molecule has 0 spiro atoms. The van der Waals surface area contributed by atoms with Gasteiger partial charge in [0.2, 0.25) is 0 Å². The van der Waals surface area contributed by atoms with Crippen molar-refractivity contribution in [3.8, 4) is 0 Å². The van der Waals surface area contributed by atoms with Crippen molar-refractivity contribution in [2.75, 3.05) is 13.2 Å². The molecular formula is C38H66O5. The maximum Gasteiger partial charge on any atom is 0.306 e. The first-order valence-electron chi connectivity index (χ1n) is 17.7. The van der Waals surface area contributed by atoms with Crippen LogP contribution in [-0.2, 0) is 19.1 Å². The molecule has 0 aromatic carbocycles. The molecule has 0 aliphatic carbocycles. The summed E-state index contributed by atoms with van der Waals surface area (Å²) in [6.07, 6.45) is 41.6. The third-order valence-electron chi connectivity index (χ3n) is 7.35. The van der Waals surface area contributed by atoms with Crippen molar-refractivity contribution in [1.29, 1.82) is 0 Å². The third kappa shape index (κ3) is 32.6. The lowest BCUT2D eigenvalue weighted by Crippen LogP contribution is -2.28. The molecule has 0 unspecified atom stereocenters. The van der Waals surface area contributed by atoms with Crippen LogP contribution < -0.4 is 0 Å². The van der Waals surface area contributed by atoms with Gasteiger partial charge >= 0.3 is 11.9 Å². The molecule has 0 fully saturated rings. The molecule has 0 saturated heterocycles. The van der Waals surface area contributed by atoms with E-state index in [1.807, 2.05) is 0 Å². The van der Waals surface area contributed by atoms with Gasteiger partial charge in [-0.3, -0.25) is 9.59 Å². The standard InChI is InChI=1S/C38H66O5/c1-3-5-7-9-11-13-15-17-18-19-20-21-23-25-27-29-31-33-38(41)43-36(34-39)35-42-37(40)32-30-28-26-24-22-16-14-12-10-8-6-4-2/h11-14,17-18,20-21,36,39H,3-10,15-16,19,22-35H2,1-2H3/b13-11-,14-12-,18-17-,21-20-/t36-/m0/s1. The number of esters is 2. The second-order valence-corrected chi connectivity index (χ2v) is 11.6. The zero-order valence-electron chi connectivity index (χ0n) is 28.0. The molecule has 1 atom stereocenters. The fraction of sp³-hybridized carbons (Fsp3) is 0.737. The summed E-state index contributed by atoms with van der Waals surface area (Å²) in [5.74, 6) is -0.631. The van der Waals surface area contributed by atoms with Gasteiger partial charge in [-0.2, -0.15) is 0 Å². The SMILES string of the molecule is CCCCC/C=C\C/C=C\C/C=C\CCCCCCC(=O)O[C@@H](CO)COC(=O)CCCCCCC/C=C\CCCCC. The van der Waals surface area contributed by atoms with Gasteiger partial charge in [-0.15, -0.1) is 0 Å². The molecule has 5 nitrogen and oxygen atoms in total. The van der Waals surface area contributed by atoms with E-state index in [-0.39, 0.29) is 25.2 Å². The molecule has 0 saturated carbocycles. The number of aliphatic hydroxyl groups is 1. The summed E-state index contributed by atoms with van der Waals surface area (Å²) in [7, 11) is 0. The van der Waals surface area contributed by atoms with E-state index in [9.17, 15) is 14.7 Å². The van der Waals surface area contributed by atoms with E-state index >= 15 is 0 Å².